The first kappa shape index (κ1) is 20.1. The third-order valence-corrected chi connectivity index (χ3v) is 4.02. The smallest absolute Gasteiger partial charge is 0.330 e. The van der Waals surface area contributed by atoms with Gasteiger partial charge in [0.15, 0.2) is 11.5 Å². The Hall–Kier alpha value is -1.97. The van der Waals surface area contributed by atoms with Crippen molar-refractivity contribution in [1.29, 1.82) is 0 Å². The van der Waals surface area contributed by atoms with Crippen molar-refractivity contribution in [2.24, 2.45) is 11.8 Å². The SMILES string of the molecule is CCC(C)COc1ccc(/C=C/C(=O)OC)cc1OCC(C)CC. The maximum atomic E-state index is 11.2. The van der Waals surface area contributed by atoms with Crippen LogP contribution in [0.25, 0.3) is 6.08 Å². The summed E-state index contributed by atoms with van der Waals surface area (Å²) in [5, 5.41) is 0. The van der Waals surface area contributed by atoms with Gasteiger partial charge in [-0.1, -0.05) is 46.6 Å². The van der Waals surface area contributed by atoms with E-state index in [0.29, 0.717) is 30.8 Å². The molecule has 24 heavy (non-hydrogen) atoms. The Labute approximate surface area is 145 Å². The highest BCUT2D eigenvalue weighted by Crippen LogP contribution is 2.30. The molecular weight excluding hydrogens is 304 g/mol. The van der Waals surface area contributed by atoms with Gasteiger partial charge in [-0.25, -0.2) is 4.79 Å². The molecule has 134 valence electrons. The van der Waals surface area contributed by atoms with Crippen molar-refractivity contribution in [2.45, 2.75) is 40.5 Å². The van der Waals surface area contributed by atoms with Crippen LogP contribution in [0.15, 0.2) is 24.3 Å². The minimum Gasteiger partial charge on any atom is -0.489 e. The highest BCUT2D eigenvalue weighted by molar-refractivity contribution is 5.87. The monoisotopic (exact) mass is 334 g/mol. The third-order valence-electron chi connectivity index (χ3n) is 4.02. The van der Waals surface area contributed by atoms with Gasteiger partial charge in [0.2, 0.25) is 0 Å². The number of carbonyl (C=O) groups excluding carboxylic acids is 1. The lowest BCUT2D eigenvalue weighted by Crippen LogP contribution is -2.11. The van der Waals surface area contributed by atoms with Gasteiger partial charge in [-0.3, -0.25) is 0 Å². The topological polar surface area (TPSA) is 44.8 Å². The molecule has 2 atom stereocenters. The Kier molecular flexibility index (Phi) is 8.98. The minimum absolute atomic E-state index is 0.380. The van der Waals surface area contributed by atoms with Gasteiger partial charge in [0.25, 0.3) is 0 Å². The minimum atomic E-state index is -0.380. The van der Waals surface area contributed by atoms with E-state index in [9.17, 15) is 4.79 Å². The number of esters is 1. The second kappa shape index (κ2) is 10.7. The van der Waals surface area contributed by atoms with Crippen LogP contribution >= 0.6 is 0 Å². The van der Waals surface area contributed by atoms with Gasteiger partial charge in [0.05, 0.1) is 20.3 Å². The summed E-state index contributed by atoms with van der Waals surface area (Å²) < 4.78 is 16.5. The Morgan fingerprint density at radius 3 is 2.17 bits per heavy atom. The van der Waals surface area contributed by atoms with Crippen molar-refractivity contribution in [1.82, 2.24) is 0 Å². The Morgan fingerprint density at radius 2 is 1.62 bits per heavy atom. The van der Waals surface area contributed by atoms with Crippen molar-refractivity contribution < 1.29 is 19.0 Å². The fourth-order valence-corrected chi connectivity index (χ4v) is 1.79. The van der Waals surface area contributed by atoms with E-state index in [1.54, 1.807) is 6.08 Å². The van der Waals surface area contributed by atoms with Gasteiger partial charge < -0.3 is 14.2 Å². The molecule has 0 heterocycles. The summed E-state index contributed by atoms with van der Waals surface area (Å²) in [7, 11) is 1.36. The molecule has 0 N–H and O–H groups in total. The van der Waals surface area contributed by atoms with Gasteiger partial charge in [0, 0.05) is 6.08 Å². The molecule has 4 nitrogen and oxygen atoms in total. The number of rotatable bonds is 10. The molecule has 0 aliphatic heterocycles. The molecule has 1 aromatic carbocycles. The van der Waals surface area contributed by atoms with Crippen molar-refractivity contribution in [2.75, 3.05) is 20.3 Å². The van der Waals surface area contributed by atoms with E-state index in [1.165, 1.54) is 13.2 Å². The van der Waals surface area contributed by atoms with Crippen LogP contribution in [0.5, 0.6) is 11.5 Å². The molecule has 4 heteroatoms. The predicted octanol–water partition coefficient (Wildman–Crippen LogP) is 4.72. The zero-order valence-corrected chi connectivity index (χ0v) is 15.5. The van der Waals surface area contributed by atoms with Crippen LogP contribution in [0.2, 0.25) is 0 Å². The Balaban J connectivity index is 2.91. The van der Waals surface area contributed by atoms with Gasteiger partial charge in [-0.05, 0) is 35.6 Å². The van der Waals surface area contributed by atoms with E-state index in [-0.39, 0.29) is 5.97 Å². The lowest BCUT2D eigenvalue weighted by atomic mass is 10.1. The van der Waals surface area contributed by atoms with Gasteiger partial charge in [-0.2, -0.15) is 0 Å². The number of carbonyl (C=O) groups is 1. The van der Waals surface area contributed by atoms with Crippen molar-refractivity contribution >= 4 is 12.0 Å². The van der Waals surface area contributed by atoms with E-state index < -0.39 is 0 Å². The van der Waals surface area contributed by atoms with E-state index in [2.05, 4.69) is 32.4 Å². The van der Waals surface area contributed by atoms with E-state index in [1.807, 2.05) is 18.2 Å². The van der Waals surface area contributed by atoms with Crippen molar-refractivity contribution in [3.05, 3.63) is 29.8 Å². The summed E-state index contributed by atoms with van der Waals surface area (Å²) in [5.74, 6) is 2.04. The Bertz CT molecular complexity index is 536. The summed E-state index contributed by atoms with van der Waals surface area (Å²) in [4.78, 5) is 11.2. The lowest BCUT2D eigenvalue weighted by Gasteiger charge is -2.17. The summed E-state index contributed by atoms with van der Waals surface area (Å²) in [5.41, 5.74) is 0.871. The first-order chi connectivity index (χ1) is 11.5. The van der Waals surface area contributed by atoms with Crippen LogP contribution in [0.3, 0.4) is 0 Å². The molecule has 0 spiro atoms. The molecule has 0 amide bonds. The zero-order chi connectivity index (χ0) is 17.9. The van der Waals surface area contributed by atoms with Gasteiger partial charge in [0.1, 0.15) is 0 Å². The molecule has 1 aromatic rings. The quantitative estimate of drug-likeness (QED) is 0.459. The van der Waals surface area contributed by atoms with E-state index >= 15 is 0 Å². The molecule has 2 unspecified atom stereocenters. The molecule has 0 aromatic heterocycles. The first-order valence-electron chi connectivity index (χ1n) is 8.65. The second-order valence-corrected chi connectivity index (χ2v) is 6.21. The zero-order valence-electron chi connectivity index (χ0n) is 15.5. The fourth-order valence-electron chi connectivity index (χ4n) is 1.79. The second-order valence-electron chi connectivity index (χ2n) is 6.21. The Morgan fingerprint density at radius 1 is 1.04 bits per heavy atom. The van der Waals surface area contributed by atoms with E-state index in [4.69, 9.17) is 9.47 Å². The molecule has 0 aliphatic carbocycles. The predicted molar refractivity (Wildman–Crippen MR) is 97.4 cm³/mol. The van der Waals surface area contributed by atoms with Crippen LogP contribution in [-0.2, 0) is 9.53 Å². The molecule has 0 saturated carbocycles. The average molecular weight is 334 g/mol. The van der Waals surface area contributed by atoms with Crippen LogP contribution in [0.4, 0.5) is 0 Å². The fraction of sp³-hybridized carbons (Fsp3) is 0.550. The molecule has 0 saturated heterocycles. The summed E-state index contributed by atoms with van der Waals surface area (Å²) in [6.07, 6.45) is 5.24. The van der Waals surface area contributed by atoms with Gasteiger partial charge >= 0.3 is 5.97 Å². The van der Waals surface area contributed by atoms with Crippen LogP contribution in [0, 0.1) is 11.8 Å². The maximum Gasteiger partial charge on any atom is 0.330 e. The van der Waals surface area contributed by atoms with Crippen LogP contribution < -0.4 is 9.47 Å². The third kappa shape index (κ3) is 7.07. The molecule has 0 radical (unpaired) electrons. The number of hydrogen-bond donors (Lipinski definition) is 0. The first-order valence-corrected chi connectivity index (χ1v) is 8.65. The number of hydrogen-bond acceptors (Lipinski definition) is 4. The number of methoxy groups -OCH3 is 1. The highest BCUT2D eigenvalue weighted by Gasteiger charge is 2.10. The maximum absolute atomic E-state index is 11.2. The largest absolute Gasteiger partial charge is 0.489 e. The molecule has 1 rings (SSSR count). The highest BCUT2D eigenvalue weighted by atomic mass is 16.5. The lowest BCUT2D eigenvalue weighted by molar-refractivity contribution is -0.134. The number of benzene rings is 1. The normalized spacial score (nSPS) is 13.5. The van der Waals surface area contributed by atoms with Crippen molar-refractivity contribution in [3.8, 4) is 11.5 Å². The average Bonchev–Trinajstić information content (AvgIpc) is 2.62. The summed E-state index contributed by atoms with van der Waals surface area (Å²) in [6.45, 7) is 9.90. The molecule has 0 bridgehead atoms. The number of ether oxygens (including phenoxy) is 3. The summed E-state index contributed by atoms with van der Waals surface area (Å²) in [6, 6.07) is 5.69. The standard InChI is InChI=1S/C20H30O4/c1-6-15(3)13-23-18-10-8-17(9-11-20(21)22-5)12-19(18)24-14-16(4)7-2/h8-12,15-16H,6-7,13-14H2,1-5H3/b11-9+. The summed E-state index contributed by atoms with van der Waals surface area (Å²) >= 11 is 0. The van der Waals surface area contributed by atoms with E-state index in [0.717, 1.165) is 24.2 Å². The molecule has 0 fully saturated rings. The molecular formula is C20H30O4. The van der Waals surface area contributed by atoms with Crippen LogP contribution in [0.1, 0.15) is 46.1 Å². The van der Waals surface area contributed by atoms with Gasteiger partial charge in [-0.15, -0.1) is 0 Å². The van der Waals surface area contributed by atoms with Crippen molar-refractivity contribution in [3.63, 3.8) is 0 Å². The molecule has 0 aliphatic rings. The van der Waals surface area contributed by atoms with Crippen LogP contribution in [-0.4, -0.2) is 26.3 Å².